The zero-order valence-electron chi connectivity index (χ0n) is 16.5. The van der Waals surface area contributed by atoms with Crippen LogP contribution in [0.25, 0.3) is 12.2 Å². The standard InChI is InChI=1S/C25H15Br2NO4/c26-19-13-18(14-21-25(30)32-24(28-21)17-9-5-2-6-10-17)23(20(27)15-19)31-22(29)12-11-16-7-3-1-4-8-16/h1-15H/b12-11+,21-14-. The number of nitrogens with zero attached hydrogens (tertiary/aromatic N) is 1. The fraction of sp³-hybridized carbons (Fsp3) is 0. The minimum absolute atomic E-state index is 0.103. The Kier molecular flexibility index (Phi) is 6.78. The predicted molar refractivity (Wildman–Crippen MR) is 130 cm³/mol. The largest absolute Gasteiger partial charge is 0.422 e. The smallest absolute Gasteiger partial charge is 0.363 e. The molecule has 0 bridgehead atoms. The number of ether oxygens (including phenoxy) is 2. The zero-order chi connectivity index (χ0) is 22.5. The van der Waals surface area contributed by atoms with Gasteiger partial charge in [0.1, 0.15) is 0 Å². The average Bonchev–Trinajstić information content (AvgIpc) is 3.16. The summed E-state index contributed by atoms with van der Waals surface area (Å²) in [5, 5.41) is 0. The third-order valence-electron chi connectivity index (χ3n) is 4.38. The van der Waals surface area contributed by atoms with Gasteiger partial charge in [-0.1, -0.05) is 64.5 Å². The van der Waals surface area contributed by atoms with Gasteiger partial charge in [0.05, 0.1) is 4.47 Å². The maximum atomic E-state index is 12.4. The Balaban J connectivity index is 1.63. The van der Waals surface area contributed by atoms with E-state index in [-0.39, 0.29) is 17.3 Å². The van der Waals surface area contributed by atoms with E-state index < -0.39 is 11.9 Å². The normalized spacial score (nSPS) is 14.5. The summed E-state index contributed by atoms with van der Waals surface area (Å²) in [6.07, 6.45) is 4.53. The van der Waals surface area contributed by atoms with Gasteiger partial charge >= 0.3 is 11.9 Å². The highest BCUT2D eigenvalue weighted by Crippen LogP contribution is 2.35. The SMILES string of the molecule is O=C(/C=C/c1ccccc1)Oc1c(Br)cc(Br)cc1/C=C1\N=C(c2ccccc2)OC1=O. The molecule has 3 aromatic carbocycles. The molecule has 4 rings (SSSR count). The highest BCUT2D eigenvalue weighted by Gasteiger charge is 2.25. The number of carbonyl (C=O) groups is 2. The summed E-state index contributed by atoms with van der Waals surface area (Å²) in [7, 11) is 0. The van der Waals surface area contributed by atoms with Crippen molar-refractivity contribution in [1.29, 1.82) is 0 Å². The van der Waals surface area contributed by atoms with Crippen molar-refractivity contribution in [2.45, 2.75) is 0 Å². The summed E-state index contributed by atoms with van der Waals surface area (Å²) in [5.41, 5.74) is 2.15. The number of aliphatic imine (C=N–C) groups is 1. The first kappa shape index (κ1) is 21.9. The number of carbonyl (C=O) groups excluding carboxylic acids is 2. The Morgan fingerprint density at radius 1 is 0.969 bits per heavy atom. The molecule has 0 saturated heterocycles. The van der Waals surface area contributed by atoms with Crippen LogP contribution in [0.15, 0.2) is 98.5 Å². The lowest BCUT2D eigenvalue weighted by Crippen LogP contribution is -2.06. The van der Waals surface area contributed by atoms with E-state index in [4.69, 9.17) is 9.47 Å². The molecule has 1 aliphatic rings. The maximum absolute atomic E-state index is 12.4. The molecule has 1 heterocycles. The molecule has 0 aromatic heterocycles. The minimum atomic E-state index is -0.582. The van der Waals surface area contributed by atoms with Crippen molar-refractivity contribution < 1.29 is 19.1 Å². The molecule has 0 fully saturated rings. The minimum Gasteiger partial charge on any atom is -0.422 e. The number of rotatable bonds is 5. The van der Waals surface area contributed by atoms with Crippen LogP contribution in [0.1, 0.15) is 16.7 Å². The van der Waals surface area contributed by atoms with Gasteiger partial charge < -0.3 is 9.47 Å². The first-order valence-electron chi connectivity index (χ1n) is 9.51. The summed E-state index contributed by atoms with van der Waals surface area (Å²) in [6.45, 7) is 0. The van der Waals surface area contributed by atoms with Crippen molar-refractivity contribution in [3.8, 4) is 5.75 Å². The molecule has 0 atom stereocenters. The molecule has 0 saturated carbocycles. The topological polar surface area (TPSA) is 65.0 Å². The number of esters is 2. The van der Waals surface area contributed by atoms with Gasteiger partial charge in [0.2, 0.25) is 5.90 Å². The molecular formula is C25H15Br2NO4. The van der Waals surface area contributed by atoms with Crippen LogP contribution in [0, 0.1) is 0 Å². The molecule has 7 heteroatoms. The highest BCUT2D eigenvalue weighted by molar-refractivity contribution is 9.11. The number of benzene rings is 3. The van der Waals surface area contributed by atoms with E-state index >= 15 is 0 Å². The summed E-state index contributed by atoms with van der Waals surface area (Å²) in [4.78, 5) is 29.1. The second kappa shape index (κ2) is 9.89. The lowest BCUT2D eigenvalue weighted by atomic mass is 10.1. The third-order valence-corrected chi connectivity index (χ3v) is 5.43. The molecule has 0 spiro atoms. The molecule has 158 valence electrons. The van der Waals surface area contributed by atoms with Gasteiger partial charge in [-0.05, 0) is 57.9 Å². The number of halogens is 2. The van der Waals surface area contributed by atoms with Crippen LogP contribution >= 0.6 is 31.9 Å². The number of hydrogen-bond acceptors (Lipinski definition) is 5. The van der Waals surface area contributed by atoms with Gasteiger partial charge in [0, 0.05) is 21.7 Å². The van der Waals surface area contributed by atoms with E-state index in [2.05, 4.69) is 36.9 Å². The van der Waals surface area contributed by atoms with Crippen LogP contribution in [-0.2, 0) is 14.3 Å². The van der Waals surface area contributed by atoms with E-state index in [9.17, 15) is 9.59 Å². The Labute approximate surface area is 201 Å². The van der Waals surface area contributed by atoms with Crippen LogP contribution in [0.5, 0.6) is 5.75 Å². The molecule has 0 amide bonds. The third kappa shape index (κ3) is 5.30. The van der Waals surface area contributed by atoms with Crippen molar-refractivity contribution in [2.75, 3.05) is 0 Å². The summed E-state index contributed by atoms with van der Waals surface area (Å²) in [6, 6.07) is 22.0. The molecule has 0 radical (unpaired) electrons. The highest BCUT2D eigenvalue weighted by atomic mass is 79.9. The van der Waals surface area contributed by atoms with Crippen molar-refractivity contribution in [2.24, 2.45) is 4.99 Å². The van der Waals surface area contributed by atoms with Gasteiger partial charge in [-0.2, -0.15) is 0 Å². The van der Waals surface area contributed by atoms with Gasteiger partial charge in [0.15, 0.2) is 11.4 Å². The molecule has 0 unspecified atom stereocenters. The second-order valence-electron chi connectivity index (χ2n) is 6.67. The van der Waals surface area contributed by atoms with E-state index in [0.29, 0.717) is 15.6 Å². The van der Waals surface area contributed by atoms with E-state index in [1.165, 1.54) is 12.2 Å². The first-order valence-corrected chi connectivity index (χ1v) is 11.1. The zero-order valence-corrected chi connectivity index (χ0v) is 19.7. The van der Waals surface area contributed by atoms with Crippen molar-refractivity contribution in [1.82, 2.24) is 0 Å². The lowest BCUT2D eigenvalue weighted by Gasteiger charge is -2.09. The Hall–Kier alpha value is -3.29. The molecule has 5 nitrogen and oxygen atoms in total. The molecule has 0 aliphatic carbocycles. The van der Waals surface area contributed by atoms with Gasteiger partial charge in [-0.25, -0.2) is 14.6 Å². The second-order valence-corrected chi connectivity index (χ2v) is 8.44. The van der Waals surface area contributed by atoms with Crippen molar-refractivity contribution in [3.63, 3.8) is 0 Å². The Morgan fingerprint density at radius 2 is 1.66 bits per heavy atom. The molecular weight excluding hydrogens is 538 g/mol. The van der Waals surface area contributed by atoms with E-state index in [1.54, 1.807) is 30.3 Å². The molecule has 0 N–H and O–H groups in total. The molecule has 32 heavy (non-hydrogen) atoms. The number of hydrogen-bond donors (Lipinski definition) is 0. The van der Waals surface area contributed by atoms with Gasteiger partial charge in [-0.15, -0.1) is 0 Å². The van der Waals surface area contributed by atoms with Crippen molar-refractivity contribution in [3.05, 3.63) is 110 Å². The molecule has 1 aliphatic heterocycles. The first-order chi connectivity index (χ1) is 15.5. The van der Waals surface area contributed by atoms with Crippen LogP contribution in [0.4, 0.5) is 0 Å². The maximum Gasteiger partial charge on any atom is 0.363 e. The fourth-order valence-corrected chi connectivity index (χ4v) is 4.26. The quantitative estimate of drug-likeness (QED) is 0.215. The summed E-state index contributed by atoms with van der Waals surface area (Å²) < 4.78 is 12.1. The van der Waals surface area contributed by atoms with Gasteiger partial charge in [-0.3, -0.25) is 0 Å². The van der Waals surface area contributed by atoms with E-state index in [0.717, 1.165) is 10.0 Å². The molecule has 3 aromatic rings. The lowest BCUT2D eigenvalue weighted by molar-refractivity contribution is -0.130. The summed E-state index contributed by atoms with van der Waals surface area (Å²) in [5.74, 6) is -0.653. The van der Waals surface area contributed by atoms with Crippen molar-refractivity contribution >= 4 is 61.8 Å². The monoisotopic (exact) mass is 551 g/mol. The Morgan fingerprint density at radius 3 is 2.38 bits per heavy atom. The fourth-order valence-electron chi connectivity index (χ4n) is 2.92. The van der Waals surface area contributed by atoms with E-state index in [1.807, 2.05) is 48.5 Å². The predicted octanol–water partition coefficient (Wildman–Crippen LogP) is 6.17. The average molecular weight is 553 g/mol. The Bertz CT molecular complexity index is 1270. The van der Waals surface area contributed by atoms with Crippen LogP contribution in [0.3, 0.4) is 0 Å². The van der Waals surface area contributed by atoms with Crippen LogP contribution < -0.4 is 4.74 Å². The van der Waals surface area contributed by atoms with Gasteiger partial charge in [0.25, 0.3) is 0 Å². The number of cyclic esters (lactones) is 1. The van der Waals surface area contributed by atoms with Crippen LogP contribution in [-0.4, -0.2) is 17.8 Å². The summed E-state index contributed by atoms with van der Waals surface area (Å²) >= 11 is 6.85. The van der Waals surface area contributed by atoms with Crippen LogP contribution in [0.2, 0.25) is 0 Å².